The SMILES string of the molecule is ClCc1nnc(-c2ccc(Cl)c(Cl)c2)n1C1CC1. The van der Waals surface area contributed by atoms with Gasteiger partial charge in [-0.1, -0.05) is 23.2 Å². The van der Waals surface area contributed by atoms with Gasteiger partial charge in [0.1, 0.15) is 5.82 Å². The zero-order valence-electron chi connectivity index (χ0n) is 9.41. The molecule has 1 fully saturated rings. The van der Waals surface area contributed by atoms with Gasteiger partial charge in [-0.2, -0.15) is 0 Å². The monoisotopic (exact) mass is 301 g/mol. The Bertz CT molecular complexity index is 590. The molecule has 0 radical (unpaired) electrons. The van der Waals surface area contributed by atoms with Crippen molar-refractivity contribution >= 4 is 34.8 Å². The van der Waals surface area contributed by atoms with E-state index in [1.807, 2.05) is 12.1 Å². The summed E-state index contributed by atoms with van der Waals surface area (Å²) in [6, 6.07) is 5.95. The van der Waals surface area contributed by atoms with Crippen LogP contribution in [0.4, 0.5) is 0 Å². The van der Waals surface area contributed by atoms with E-state index in [9.17, 15) is 0 Å². The van der Waals surface area contributed by atoms with Crippen LogP contribution in [0.25, 0.3) is 11.4 Å². The summed E-state index contributed by atoms with van der Waals surface area (Å²) in [5, 5.41) is 9.40. The third kappa shape index (κ3) is 2.11. The van der Waals surface area contributed by atoms with Crippen molar-refractivity contribution in [2.75, 3.05) is 0 Å². The van der Waals surface area contributed by atoms with Gasteiger partial charge in [0.2, 0.25) is 0 Å². The van der Waals surface area contributed by atoms with E-state index in [1.165, 1.54) is 0 Å². The maximum absolute atomic E-state index is 6.04. The summed E-state index contributed by atoms with van der Waals surface area (Å²) < 4.78 is 2.10. The van der Waals surface area contributed by atoms with Crippen LogP contribution in [0.2, 0.25) is 10.0 Å². The predicted molar refractivity (Wildman–Crippen MR) is 73.3 cm³/mol. The lowest BCUT2D eigenvalue weighted by molar-refractivity contribution is 0.712. The molecule has 1 aromatic carbocycles. The van der Waals surface area contributed by atoms with Crippen LogP contribution in [0, 0.1) is 0 Å². The largest absolute Gasteiger partial charge is 0.307 e. The Hall–Kier alpha value is -0.770. The summed E-state index contributed by atoms with van der Waals surface area (Å²) in [5.74, 6) is 1.98. The van der Waals surface area contributed by atoms with Gasteiger partial charge in [-0.25, -0.2) is 0 Å². The van der Waals surface area contributed by atoms with E-state index in [0.29, 0.717) is 22.0 Å². The average molecular weight is 303 g/mol. The van der Waals surface area contributed by atoms with Gasteiger partial charge < -0.3 is 4.57 Å². The first-order chi connectivity index (χ1) is 8.70. The minimum Gasteiger partial charge on any atom is -0.307 e. The minimum absolute atomic E-state index is 0.366. The predicted octanol–water partition coefficient (Wildman–Crippen LogP) is 4.33. The fourth-order valence-corrected chi connectivity index (χ4v) is 2.44. The minimum atomic E-state index is 0.366. The lowest BCUT2D eigenvalue weighted by Gasteiger charge is -2.08. The van der Waals surface area contributed by atoms with Crippen molar-refractivity contribution in [2.45, 2.75) is 24.8 Å². The van der Waals surface area contributed by atoms with Gasteiger partial charge in [0, 0.05) is 11.6 Å². The Morgan fingerprint density at radius 2 is 1.94 bits per heavy atom. The van der Waals surface area contributed by atoms with Crippen LogP contribution >= 0.6 is 34.8 Å². The first-order valence-electron chi connectivity index (χ1n) is 5.66. The van der Waals surface area contributed by atoms with Crippen LogP contribution in [-0.4, -0.2) is 14.8 Å². The van der Waals surface area contributed by atoms with Crippen molar-refractivity contribution < 1.29 is 0 Å². The number of aromatic nitrogens is 3. The second-order valence-electron chi connectivity index (χ2n) is 4.30. The highest BCUT2D eigenvalue weighted by Crippen LogP contribution is 2.39. The van der Waals surface area contributed by atoms with Gasteiger partial charge in [0.15, 0.2) is 5.82 Å². The molecule has 94 valence electrons. The van der Waals surface area contributed by atoms with Gasteiger partial charge in [0.25, 0.3) is 0 Å². The molecule has 0 spiro atoms. The molecule has 1 aliphatic carbocycles. The quantitative estimate of drug-likeness (QED) is 0.790. The van der Waals surface area contributed by atoms with Crippen molar-refractivity contribution in [3.63, 3.8) is 0 Å². The molecule has 0 unspecified atom stereocenters. The number of rotatable bonds is 3. The van der Waals surface area contributed by atoms with Crippen LogP contribution in [-0.2, 0) is 5.88 Å². The zero-order chi connectivity index (χ0) is 12.7. The highest BCUT2D eigenvalue weighted by Gasteiger charge is 2.29. The van der Waals surface area contributed by atoms with Gasteiger partial charge >= 0.3 is 0 Å². The molecule has 0 aliphatic heterocycles. The molecule has 0 amide bonds. The van der Waals surface area contributed by atoms with Gasteiger partial charge in [-0.15, -0.1) is 21.8 Å². The lowest BCUT2D eigenvalue weighted by atomic mass is 10.2. The Kier molecular flexibility index (Phi) is 3.22. The third-order valence-corrected chi connectivity index (χ3v) is 3.95. The molecule has 1 aromatic heterocycles. The Morgan fingerprint density at radius 1 is 1.17 bits per heavy atom. The summed E-state index contributed by atoms with van der Waals surface area (Å²) >= 11 is 17.8. The van der Waals surface area contributed by atoms with Gasteiger partial charge in [0.05, 0.1) is 15.9 Å². The second kappa shape index (κ2) is 4.72. The number of hydrogen-bond donors (Lipinski definition) is 0. The number of alkyl halides is 1. The van der Waals surface area contributed by atoms with Crippen LogP contribution in [0.1, 0.15) is 24.7 Å². The molecule has 1 saturated carbocycles. The van der Waals surface area contributed by atoms with E-state index in [1.54, 1.807) is 6.07 Å². The highest BCUT2D eigenvalue weighted by molar-refractivity contribution is 6.42. The topological polar surface area (TPSA) is 30.7 Å². The molecule has 1 heterocycles. The Balaban J connectivity index is 2.10. The molecule has 1 aliphatic rings. The van der Waals surface area contributed by atoms with E-state index < -0.39 is 0 Å². The molecule has 2 aromatic rings. The molecule has 0 N–H and O–H groups in total. The summed E-state index contributed by atoms with van der Waals surface area (Å²) in [6.07, 6.45) is 2.30. The first-order valence-corrected chi connectivity index (χ1v) is 6.95. The molecule has 3 rings (SSSR count). The van der Waals surface area contributed by atoms with Crippen LogP contribution in [0.5, 0.6) is 0 Å². The summed E-state index contributed by atoms with van der Waals surface area (Å²) in [4.78, 5) is 0. The second-order valence-corrected chi connectivity index (χ2v) is 5.39. The van der Waals surface area contributed by atoms with Crippen molar-refractivity contribution in [1.29, 1.82) is 0 Å². The summed E-state index contributed by atoms with van der Waals surface area (Å²) in [5.41, 5.74) is 0.917. The standard InChI is InChI=1S/C12H10Cl3N3/c13-6-11-16-17-12(18(11)8-2-3-8)7-1-4-9(14)10(15)5-7/h1,4-5,8H,2-3,6H2. The molecular formula is C12H10Cl3N3. The fourth-order valence-electron chi connectivity index (χ4n) is 1.96. The van der Waals surface area contributed by atoms with E-state index >= 15 is 0 Å². The molecule has 6 heteroatoms. The maximum atomic E-state index is 6.04. The Morgan fingerprint density at radius 3 is 2.56 bits per heavy atom. The molecule has 3 nitrogen and oxygen atoms in total. The molecule has 0 bridgehead atoms. The summed E-state index contributed by atoms with van der Waals surface area (Å²) in [7, 11) is 0. The normalized spacial score (nSPS) is 15.1. The number of halogens is 3. The number of benzene rings is 1. The van der Waals surface area contributed by atoms with Crippen LogP contribution in [0.15, 0.2) is 18.2 Å². The van der Waals surface area contributed by atoms with E-state index in [4.69, 9.17) is 34.8 Å². The van der Waals surface area contributed by atoms with Crippen LogP contribution in [0.3, 0.4) is 0 Å². The van der Waals surface area contributed by atoms with Gasteiger partial charge in [-0.3, -0.25) is 0 Å². The number of nitrogens with zero attached hydrogens (tertiary/aromatic N) is 3. The lowest BCUT2D eigenvalue weighted by Crippen LogP contribution is -2.01. The van der Waals surface area contributed by atoms with Crippen molar-refractivity contribution in [2.24, 2.45) is 0 Å². The van der Waals surface area contributed by atoms with Crippen molar-refractivity contribution in [1.82, 2.24) is 14.8 Å². The highest BCUT2D eigenvalue weighted by atomic mass is 35.5. The van der Waals surface area contributed by atoms with Crippen LogP contribution < -0.4 is 0 Å². The third-order valence-electron chi connectivity index (χ3n) is 2.98. The Labute approximate surface area is 120 Å². The smallest absolute Gasteiger partial charge is 0.164 e. The molecular weight excluding hydrogens is 293 g/mol. The van der Waals surface area contributed by atoms with E-state index in [-0.39, 0.29) is 0 Å². The maximum Gasteiger partial charge on any atom is 0.164 e. The van der Waals surface area contributed by atoms with E-state index in [0.717, 1.165) is 30.1 Å². The zero-order valence-corrected chi connectivity index (χ0v) is 11.7. The van der Waals surface area contributed by atoms with Gasteiger partial charge in [-0.05, 0) is 31.0 Å². The molecule has 0 saturated heterocycles. The summed E-state index contributed by atoms with van der Waals surface area (Å²) in [6.45, 7) is 0. The van der Waals surface area contributed by atoms with Crippen molar-refractivity contribution in [3.05, 3.63) is 34.1 Å². The van der Waals surface area contributed by atoms with E-state index in [2.05, 4.69) is 14.8 Å². The molecule has 18 heavy (non-hydrogen) atoms. The van der Waals surface area contributed by atoms with Crippen molar-refractivity contribution in [3.8, 4) is 11.4 Å². The average Bonchev–Trinajstić information content (AvgIpc) is 3.12. The fraction of sp³-hybridized carbons (Fsp3) is 0.333. The first kappa shape index (κ1) is 12.3. The number of hydrogen-bond acceptors (Lipinski definition) is 2. The molecule has 0 atom stereocenters.